The second kappa shape index (κ2) is 4.31. The summed E-state index contributed by atoms with van der Waals surface area (Å²) in [5, 5.41) is 8.98. The van der Waals surface area contributed by atoms with Crippen molar-refractivity contribution >= 4 is 0 Å². The quantitative estimate of drug-likeness (QED) is 0.852. The van der Waals surface area contributed by atoms with Crippen LogP contribution in [0.3, 0.4) is 0 Å². The van der Waals surface area contributed by atoms with Gasteiger partial charge in [0, 0.05) is 38.6 Å². The van der Waals surface area contributed by atoms with Crippen LogP contribution >= 0.6 is 0 Å². The van der Waals surface area contributed by atoms with E-state index in [0.717, 1.165) is 31.8 Å². The van der Waals surface area contributed by atoms with Gasteiger partial charge >= 0.3 is 0 Å². The molecule has 3 rings (SSSR count). The van der Waals surface area contributed by atoms with Gasteiger partial charge in [-0.05, 0) is 18.6 Å². The van der Waals surface area contributed by atoms with Gasteiger partial charge in [-0.3, -0.25) is 4.90 Å². The second-order valence-corrected chi connectivity index (χ2v) is 5.32. The number of nitrogens with zero attached hydrogens (tertiary/aromatic N) is 1. The van der Waals surface area contributed by atoms with Crippen LogP contribution in [0.4, 0.5) is 0 Å². The number of ether oxygens (including phenoxy) is 1. The van der Waals surface area contributed by atoms with Gasteiger partial charge in [-0.25, -0.2) is 0 Å². The van der Waals surface area contributed by atoms with Crippen LogP contribution in [-0.2, 0) is 6.42 Å². The minimum Gasteiger partial charge on any atom is -0.488 e. The Kier molecular flexibility index (Phi) is 2.81. The molecule has 1 aromatic rings. The molecule has 1 N–H and O–H groups in total. The van der Waals surface area contributed by atoms with E-state index in [-0.39, 0.29) is 0 Å². The minimum absolute atomic E-state index is 0.298. The van der Waals surface area contributed by atoms with Gasteiger partial charge in [0.2, 0.25) is 0 Å². The van der Waals surface area contributed by atoms with Crippen molar-refractivity contribution in [1.29, 1.82) is 0 Å². The molecular weight excluding hydrogens is 214 g/mol. The largest absolute Gasteiger partial charge is 0.488 e. The maximum atomic E-state index is 8.98. The smallest absolute Gasteiger partial charge is 0.123 e. The molecule has 1 atom stereocenters. The SMILES string of the molecule is Cc1ccc2c(c1)CC(CN1CC(CO)C1)O2. The zero-order valence-corrected chi connectivity index (χ0v) is 10.2. The van der Waals surface area contributed by atoms with Gasteiger partial charge in [0.25, 0.3) is 0 Å². The highest BCUT2D eigenvalue weighted by molar-refractivity contribution is 5.40. The number of rotatable bonds is 3. The zero-order valence-electron chi connectivity index (χ0n) is 10.2. The average Bonchev–Trinajstić information content (AvgIpc) is 2.64. The third-order valence-electron chi connectivity index (χ3n) is 3.71. The van der Waals surface area contributed by atoms with E-state index in [4.69, 9.17) is 9.84 Å². The van der Waals surface area contributed by atoms with Crippen molar-refractivity contribution in [3.8, 4) is 5.75 Å². The number of benzene rings is 1. The summed E-state index contributed by atoms with van der Waals surface area (Å²) < 4.78 is 5.93. The van der Waals surface area contributed by atoms with E-state index in [2.05, 4.69) is 30.0 Å². The average molecular weight is 233 g/mol. The first-order chi connectivity index (χ1) is 8.24. The van der Waals surface area contributed by atoms with E-state index in [9.17, 15) is 0 Å². The molecule has 0 radical (unpaired) electrons. The molecular formula is C14H19NO2. The van der Waals surface area contributed by atoms with Gasteiger partial charge in [0.1, 0.15) is 11.9 Å². The van der Waals surface area contributed by atoms with E-state index < -0.39 is 0 Å². The molecule has 92 valence electrons. The molecule has 0 aromatic heterocycles. The molecule has 0 bridgehead atoms. The minimum atomic E-state index is 0.298. The van der Waals surface area contributed by atoms with Crippen molar-refractivity contribution in [2.75, 3.05) is 26.2 Å². The lowest BCUT2D eigenvalue weighted by Crippen LogP contribution is -2.51. The van der Waals surface area contributed by atoms with Crippen LogP contribution in [0.15, 0.2) is 18.2 Å². The van der Waals surface area contributed by atoms with Crippen LogP contribution in [-0.4, -0.2) is 42.4 Å². The van der Waals surface area contributed by atoms with Crippen LogP contribution in [0.2, 0.25) is 0 Å². The summed E-state index contributed by atoms with van der Waals surface area (Å²) in [5.41, 5.74) is 2.64. The Morgan fingerprint density at radius 3 is 3.00 bits per heavy atom. The Balaban J connectivity index is 1.56. The fourth-order valence-corrected chi connectivity index (χ4v) is 2.78. The number of fused-ring (bicyclic) bond motifs is 1. The van der Waals surface area contributed by atoms with E-state index in [1.54, 1.807) is 0 Å². The summed E-state index contributed by atoms with van der Waals surface area (Å²) in [6.45, 7) is 5.47. The molecule has 1 aromatic carbocycles. The topological polar surface area (TPSA) is 32.7 Å². The number of hydrogen-bond donors (Lipinski definition) is 1. The Hall–Kier alpha value is -1.06. The van der Waals surface area contributed by atoms with Gasteiger partial charge in [0.05, 0.1) is 0 Å². The monoisotopic (exact) mass is 233 g/mol. The van der Waals surface area contributed by atoms with Crippen LogP contribution < -0.4 is 4.74 Å². The van der Waals surface area contributed by atoms with Crippen molar-refractivity contribution in [1.82, 2.24) is 4.90 Å². The first-order valence-corrected chi connectivity index (χ1v) is 6.34. The van der Waals surface area contributed by atoms with E-state index in [1.807, 2.05) is 0 Å². The lowest BCUT2D eigenvalue weighted by atomic mass is 10.00. The summed E-state index contributed by atoms with van der Waals surface area (Å²) in [4.78, 5) is 2.37. The zero-order chi connectivity index (χ0) is 11.8. The van der Waals surface area contributed by atoms with E-state index in [0.29, 0.717) is 18.6 Å². The third kappa shape index (κ3) is 2.17. The van der Waals surface area contributed by atoms with Crippen LogP contribution in [0.25, 0.3) is 0 Å². The Labute approximate surface area is 102 Å². The number of hydrogen-bond acceptors (Lipinski definition) is 3. The van der Waals surface area contributed by atoms with Crippen LogP contribution in [0, 0.1) is 12.8 Å². The molecule has 3 heteroatoms. The molecule has 1 saturated heterocycles. The molecule has 2 heterocycles. The molecule has 2 aliphatic heterocycles. The van der Waals surface area contributed by atoms with Gasteiger partial charge < -0.3 is 9.84 Å². The number of likely N-dealkylation sites (tertiary alicyclic amines) is 1. The molecule has 1 unspecified atom stereocenters. The van der Waals surface area contributed by atoms with E-state index in [1.165, 1.54) is 11.1 Å². The lowest BCUT2D eigenvalue weighted by Gasteiger charge is -2.39. The molecule has 2 aliphatic rings. The highest BCUT2D eigenvalue weighted by Gasteiger charge is 2.31. The van der Waals surface area contributed by atoms with Crippen molar-refractivity contribution < 1.29 is 9.84 Å². The molecule has 0 aliphatic carbocycles. The van der Waals surface area contributed by atoms with E-state index >= 15 is 0 Å². The molecule has 1 fully saturated rings. The first kappa shape index (κ1) is 11.1. The van der Waals surface area contributed by atoms with Gasteiger partial charge in [0.15, 0.2) is 0 Å². The fourth-order valence-electron chi connectivity index (χ4n) is 2.78. The number of aliphatic hydroxyl groups is 1. The summed E-state index contributed by atoms with van der Waals surface area (Å²) >= 11 is 0. The highest BCUT2D eigenvalue weighted by Crippen LogP contribution is 2.30. The van der Waals surface area contributed by atoms with Gasteiger partial charge in [-0.15, -0.1) is 0 Å². The summed E-state index contributed by atoms with van der Waals surface area (Å²) in [6.07, 6.45) is 1.32. The molecule has 0 spiro atoms. The first-order valence-electron chi connectivity index (χ1n) is 6.34. The Bertz CT molecular complexity index is 413. The van der Waals surface area contributed by atoms with Crippen LogP contribution in [0.5, 0.6) is 5.75 Å². The molecule has 17 heavy (non-hydrogen) atoms. The number of aliphatic hydroxyl groups excluding tert-OH is 1. The molecule has 0 saturated carbocycles. The van der Waals surface area contributed by atoms with Gasteiger partial charge in [-0.2, -0.15) is 0 Å². The molecule has 0 amide bonds. The molecule has 3 nitrogen and oxygen atoms in total. The summed E-state index contributed by atoms with van der Waals surface area (Å²) in [6, 6.07) is 6.41. The van der Waals surface area contributed by atoms with Crippen molar-refractivity contribution in [2.45, 2.75) is 19.4 Å². The maximum absolute atomic E-state index is 8.98. The second-order valence-electron chi connectivity index (χ2n) is 5.32. The highest BCUT2D eigenvalue weighted by atomic mass is 16.5. The predicted octanol–water partition coefficient (Wildman–Crippen LogP) is 1.22. The fraction of sp³-hybridized carbons (Fsp3) is 0.571. The third-order valence-corrected chi connectivity index (χ3v) is 3.71. The summed E-state index contributed by atoms with van der Waals surface area (Å²) in [5.74, 6) is 1.54. The Morgan fingerprint density at radius 1 is 1.41 bits per heavy atom. The summed E-state index contributed by atoms with van der Waals surface area (Å²) in [7, 11) is 0. The van der Waals surface area contributed by atoms with Crippen molar-refractivity contribution in [2.24, 2.45) is 5.92 Å². The van der Waals surface area contributed by atoms with Crippen LogP contribution in [0.1, 0.15) is 11.1 Å². The standard InChI is InChI=1S/C14H19NO2/c1-10-2-3-14-12(4-10)5-13(17-14)8-15-6-11(7-15)9-16/h2-4,11,13,16H,5-9H2,1H3. The Morgan fingerprint density at radius 2 is 2.24 bits per heavy atom. The van der Waals surface area contributed by atoms with Crippen molar-refractivity contribution in [3.05, 3.63) is 29.3 Å². The predicted molar refractivity (Wildman–Crippen MR) is 66.3 cm³/mol. The van der Waals surface area contributed by atoms with Gasteiger partial charge in [-0.1, -0.05) is 17.7 Å². The van der Waals surface area contributed by atoms with Crippen molar-refractivity contribution in [3.63, 3.8) is 0 Å². The number of aryl methyl sites for hydroxylation is 1. The lowest BCUT2D eigenvalue weighted by molar-refractivity contribution is 0.0275. The normalized spacial score (nSPS) is 24.2. The maximum Gasteiger partial charge on any atom is 0.123 e.